The predicted octanol–water partition coefficient (Wildman–Crippen LogP) is 1.82. The van der Waals surface area contributed by atoms with Crippen LogP contribution in [0, 0.1) is 5.92 Å². The number of pyridine rings is 1. The van der Waals surface area contributed by atoms with Gasteiger partial charge in [-0.15, -0.1) is 0 Å². The van der Waals surface area contributed by atoms with Crippen molar-refractivity contribution in [3.8, 4) is 16.9 Å². The Balaban J connectivity index is 1.58. The van der Waals surface area contributed by atoms with E-state index in [0.29, 0.717) is 17.7 Å². The zero-order valence-electron chi connectivity index (χ0n) is 15.5. The normalized spacial score (nSPS) is 18.1. The van der Waals surface area contributed by atoms with Gasteiger partial charge >= 0.3 is 0 Å². The fourth-order valence-corrected chi connectivity index (χ4v) is 4.92. The number of amides is 1. The zero-order chi connectivity index (χ0) is 20.3. The minimum atomic E-state index is -3.12. The van der Waals surface area contributed by atoms with E-state index in [1.807, 2.05) is 48.7 Å². The molecule has 29 heavy (non-hydrogen) atoms. The molecule has 0 radical (unpaired) electrons. The topological polar surface area (TPSA) is 106 Å². The molecule has 9 heteroatoms. The number of nitrogens with zero attached hydrogens (tertiary/aromatic N) is 4. The average molecular weight is 409 g/mol. The van der Waals surface area contributed by atoms with Gasteiger partial charge in [0.1, 0.15) is 5.69 Å². The number of sulfone groups is 1. The number of carbonyl (C=O) groups excluding carboxylic acids is 1. The van der Waals surface area contributed by atoms with E-state index in [-0.39, 0.29) is 17.4 Å². The third kappa shape index (κ3) is 4.40. The standard InChI is InChI=1S/C20H19N5O3S/c26-20(16-8-10-29(27,28)14-16)23-22-12-17-13-25(18-6-2-1-3-7-18)24-19(17)15-5-4-9-21-11-15/h1-7,9,11-13,16H,8,10,14H2,(H,23,26)/b22-12-/t16-/m0/s1. The Morgan fingerprint density at radius 1 is 1.21 bits per heavy atom. The number of hydrogen-bond acceptors (Lipinski definition) is 6. The summed E-state index contributed by atoms with van der Waals surface area (Å²) in [5.74, 6) is -1.02. The van der Waals surface area contributed by atoms with Gasteiger partial charge < -0.3 is 0 Å². The second-order valence-corrected chi connectivity index (χ2v) is 9.02. The molecular weight excluding hydrogens is 390 g/mol. The van der Waals surface area contributed by atoms with Crippen LogP contribution in [-0.4, -0.2) is 46.8 Å². The number of aromatic nitrogens is 3. The lowest BCUT2D eigenvalue weighted by Crippen LogP contribution is -2.27. The summed E-state index contributed by atoms with van der Waals surface area (Å²) in [7, 11) is -3.12. The Kier molecular flexibility index (Phi) is 5.22. The maximum absolute atomic E-state index is 12.2. The minimum Gasteiger partial charge on any atom is -0.273 e. The fourth-order valence-electron chi connectivity index (χ4n) is 3.18. The van der Waals surface area contributed by atoms with E-state index in [1.165, 1.54) is 6.21 Å². The summed E-state index contributed by atoms with van der Waals surface area (Å²) in [5, 5.41) is 8.67. The highest BCUT2D eigenvalue weighted by atomic mass is 32.2. The van der Waals surface area contributed by atoms with Crippen molar-refractivity contribution in [1.82, 2.24) is 20.2 Å². The van der Waals surface area contributed by atoms with Crippen LogP contribution >= 0.6 is 0 Å². The van der Waals surface area contributed by atoms with Crippen molar-refractivity contribution in [3.05, 3.63) is 66.6 Å². The first kappa shape index (κ1) is 19.0. The molecule has 148 valence electrons. The van der Waals surface area contributed by atoms with Crippen LogP contribution in [0.5, 0.6) is 0 Å². The van der Waals surface area contributed by atoms with Crippen LogP contribution in [0.15, 0.2) is 66.2 Å². The van der Waals surface area contributed by atoms with Crippen LogP contribution in [0.3, 0.4) is 0 Å². The SMILES string of the molecule is O=C(N/N=C\c1cn(-c2ccccc2)nc1-c1cccnc1)[C@H]1CCS(=O)(=O)C1. The van der Waals surface area contributed by atoms with Gasteiger partial charge in [-0.1, -0.05) is 18.2 Å². The van der Waals surface area contributed by atoms with E-state index in [1.54, 1.807) is 17.1 Å². The predicted molar refractivity (Wildman–Crippen MR) is 109 cm³/mol. The van der Waals surface area contributed by atoms with E-state index in [9.17, 15) is 13.2 Å². The molecule has 1 aliphatic heterocycles. The van der Waals surface area contributed by atoms with Gasteiger partial charge in [0.05, 0.1) is 29.3 Å². The van der Waals surface area contributed by atoms with Crippen molar-refractivity contribution in [2.75, 3.05) is 11.5 Å². The molecule has 1 aromatic carbocycles. The van der Waals surface area contributed by atoms with Crippen LogP contribution < -0.4 is 5.43 Å². The second-order valence-electron chi connectivity index (χ2n) is 6.79. The molecule has 2 aromatic heterocycles. The first-order valence-corrected chi connectivity index (χ1v) is 10.9. The number of nitrogens with one attached hydrogen (secondary N) is 1. The Morgan fingerprint density at radius 2 is 2.03 bits per heavy atom. The second kappa shape index (κ2) is 7.96. The summed E-state index contributed by atoms with van der Waals surface area (Å²) in [4.78, 5) is 16.3. The first-order valence-electron chi connectivity index (χ1n) is 9.11. The molecule has 1 N–H and O–H groups in total. The lowest BCUT2D eigenvalue weighted by atomic mass is 10.1. The quantitative estimate of drug-likeness (QED) is 0.511. The third-order valence-electron chi connectivity index (χ3n) is 4.68. The van der Waals surface area contributed by atoms with Gasteiger partial charge in [-0.25, -0.2) is 18.5 Å². The molecule has 0 unspecified atom stereocenters. The number of hydrogen-bond donors (Lipinski definition) is 1. The van der Waals surface area contributed by atoms with E-state index in [2.05, 4.69) is 20.6 Å². The molecule has 1 aliphatic rings. The van der Waals surface area contributed by atoms with Crippen molar-refractivity contribution in [3.63, 3.8) is 0 Å². The lowest BCUT2D eigenvalue weighted by Gasteiger charge is -2.04. The van der Waals surface area contributed by atoms with Gasteiger partial charge in [-0.05, 0) is 30.7 Å². The van der Waals surface area contributed by atoms with Crippen LogP contribution in [0.1, 0.15) is 12.0 Å². The molecule has 1 fully saturated rings. The number of rotatable bonds is 5. The van der Waals surface area contributed by atoms with Crippen molar-refractivity contribution in [2.24, 2.45) is 11.0 Å². The zero-order valence-corrected chi connectivity index (χ0v) is 16.3. The highest BCUT2D eigenvalue weighted by molar-refractivity contribution is 7.91. The molecule has 1 saturated heterocycles. The van der Waals surface area contributed by atoms with E-state index >= 15 is 0 Å². The minimum absolute atomic E-state index is 0.0454. The summed E-state index contributed by atoms with van der Waals surface area (Å²) < 4.78 is 24.8. The number of carbonyl (C=O) groups is 1. The lowest BCUT2D eigenvalue weighted by molar-refractivity contribution is -0.124. The summed E-state index contributed by atoms with van der Waals surface area (Å²) in [6.45, 7) is 0. The molecule has 3 heterocycles. The summed E-state index contributed by atoms with van der Waals surface area (Å²) in [6, 6.07) is 13.3. The summed E-state index contributed by atoms with van der Waals surface area (Å²) in [6.07, 6.45) is 7.04. The van der Waals surface area contributed by atoms with Crippen molar-refractivity contribution < 1.29 is 13.2 Å². The maximum Gasteiger partial charge on any atom is 0.244 e. The largest absolute Gasteiger partial charge is 0.273 e. The Hall–Kier alpha value is -3.33. The number of hydrazone groups is 1. The van der Waals surface area contributed by atoms with Crippen LogP contribution in [0.4, 0.5) is 0 Å². The first-order chi connectivity index (χ1) is 14.0. The van der Waals surface area contributed by atoms with Gasteiger partial charge in [0.25, 0.3) is 0 Å². The van der Waals surface area contributed by atoms with Crippen LogP contribution in [-0.2, 0) is 14.6 Å². The van der Waals surface area contributed by atoms with E-state index < -0.39 is 15.8 Å². The third-order valence-corrected chi connectivity index (χ3v) is 6.45. The van der Waals surface area contributed by atoms with E-state index in [0.717, 1.165) is 11.3 Å². The van der Waals surface area contributed by atoms with Gasteiger partial charge in [0, 0.05) is 29.7 Å². The summed E-state index contributed by atoms with van der Waals surface area (Å²) >= 11 is 0. The molecule has 0 bridgehead atoms. The van der Waals surface area contributed by atoms with Crippen molar-refractivity contribution >= 4 is 22.0 Å². The maximum atomic E-state index is 12.2. The molecule has 1 atom stereocenters. The highest BCUT2D eigenvalue weighted by Gasteiger charge is 2.32. The Labute approximate surface area is 168 Å². The molecule has 0 aliphatic carbocycles. The Bertz CT molecular complexity index is 1140. The molecule has 4 rings (SSSR count). The van der Waals surface area contributed by atoms with E-state index in [4.69, 9.17) is 0 Å². The van der Waals surface area contributed by atoms with Gasteiger partial charge in [-0.2, -0.15) is 10.2 Å². The van der Waals surface area contributed by atoms with Crippen LogP contribution in [0.25, 0.3) is 16.9 Å². The molecule has 1 amide bonds. The smallest absolute Gasteiger partial charge is 0.244 e. The number of benzene rings is 1. The molecule has 8 nitrogen and oxygen atoms in total. The summed E-state index contributed by atoms with van der Waals surface area (Å²) in [5.41, 5.74) is 5.52. The van der Waals surface area contributed by atoms with Gasteiger partial charge in [0.2, 0.25) is 5.91 Å². The molecule has 0 spiro atoms. The Morgan fingerprint density at radius 3 is 2.72 bits per heavy atom. The highest BCUT2D eigenvalue weighted by Crippen LogP contribution is 2.22. The number of para-hydroxylation sites is 1. The molecule has 0 saturated carbocycles. The molecular formula is C20H19N5O3S. The fraction of sp³-hybridized carbons (Fsp3) is 0.200. The molecule has 3 aromatic rings. The van der Waals surface area contributed by atoms with Gasteiger partial charge in [-0.3, -0.25) is 9.78 Å². The average Bonchev–Trinajstić information content (AvgIpc) is 3.32. The van der Waals surface area contributed by atoms with Gasteiger partial charge in [0.15, 0.2) is 9.84 Å². The van der Waals surface area contributed by atoms with Crippen LogP contribution in [0.2, 0.25) is 0 Å². The van der Waals surface area contributed by atoms with Crippen molar-refractivity contribution in [1.29, 1.82) is 0 Å². The van der Waals surface area contributed by atoms with Crippen molar-refractivity contribution in [2.45, 2.75) is 6.42 Å². The monoisotopic (exact) mass is 409 g/mol.